The summed E-state index contributed by atoms with van der Waals surface area (Å²) < 4.78 is 6.78. The van der Waals surface area contributed by atoms with E-state index in [4.69, 9.17) is 16.3 Å². The van der Waals surface area contributed by atoms with Gasteiger partial charge in [0.1, 0.15) is 11.9 Å². The Bertz CT molecular complexity index is 654. The van der Waals surface area contributed by atoms with Crippen LogP contribution in [0, 0.1) is 0 Å². The molecule has 0 spiro atoms. The van der Waals surface area contributed by atoms with Crippen LogP contribution >= 0.6 is 27.5 Å². The minimum absolute atomic E-state index is 0.0903. The molecule has 1 aliphatic rings. The number of ether oxygens (including phenoxy) is 1. The lowest BCUT2D eigenvalue weighted by molar-refractivity contribution is 0.0850. The average molecular weight is 338 g/mol. The molecule has 0 aromatic heterocycles. The highest BCUT2D eigenvalue weighted by Gasteiger charge is 2.27. The lowest BCUT2D eigenvalue weighted by Crippen LogP contribution is -2.20. The summed E-state index contributed by atoms with van der Waals surface area (Å²) >= 11 is 9.34. The maximum absolute atomic E-state index is 12.2. The summed E-state index contributed by atoms with van der Waals surface area (Å²) in [5.74, 6) is 0.719. The van der Waals surface area contributed by atoms with Gasteiger partial charge in [-0.15, -0.1) is 0 Å². The van der Waals surface area contributed by atoms with E-state index in [0.717, 1.165) is 10.0 Å². The molecule has 96 valence electrons. The molecule has 0 amide bonds. The van der Waals surface area contributed by atoms with E-state index in [0.29, 0.717) is 22.8 Å². The second kappa shape index (κ2) is 4.99. The van der Waals surface area contributed by atoms with Gasteiger partial charge in [0.25, 0.3) is 0 Å². The Hall–Kier alpha value is -1.32. The first kappa shape index (κ1) is 12.7. The monoisotopic (exact) mass is 336 g/mol. The Labute approximate surface area is 124 Å². The first-order valence-corrected chi connectivity index (χ1v) is 7.05. The highest BCUT2D eigenvalue weighted by molar-refractivity contribution is 9.10. The van der Waals surface area contributed by atoms with E-state index in [1.54, 1.807) is 12.1 Å². The molecule has 0 N–H and O–H groups in total. The minimum Gasteiger partial charge on any atom is -0.484 e. The Morgan fingerprint density at radius 1 is 1.21 bits per heavy atom. The second-order valence-corrected chi connectivity index (χ2v) is 5.78. The quantitative estimate of drug-likeness (QED) is 0.746. The van der Waals surface area contributed by atoms with Gasteiger partial charge in [-0.05, 0) is 35.9 Å². The number of fused-ring (bicyclic) bond motifs is 1. The van der Waals surface area contributed by atoms with Crippen molar-refractivity contribution < 1.29 is 9.53 Å². The van der Waals surface area contributed by atoms with E-state index in [1.165, 1.54) is 0 Å². The fraction of sp³-hybridized carbons (Fsp3) is 0.133. The standard InChI is InChI=1S/C15H10BrClO2/c16-10-4-5-14-12(7-10)13(18)8-15(19-14)9-2-1-3-11(17)6-9/h1-7,15H,8H2/t15-/m1/s1. The summed E-state index contributed by atoms with van der Waals surface area (Å²) in [7, 11) is 0. The van der Waals surface area contributed by atoms with Crippen LogP contribution in [0.2, 0.25) is 5.02 Å². The normalized spacial score (nSPS) is 17.8. The van der Waals surface area contributed by atoms with Gasteiger partial charge in [-0.1, -0.05) is 39.7 Å². The molecule has 0 fully saturated rings. The summed E-state index contributed by atoms with van der Waals surface area (Å²) in [5.41, 5.74) is 1.56. The van der Waals surface area contributed by atoms with Gasteiger partial charge in [0.2, 0.25) is 0 Å². The molecule has 0 saturated carbocycles. The van der Waals surface area contributed by atoms with Crippen molar-refractivity contribution in [1.82, 2.24) is 0 Å². The van der Waals surface area contributed by atoms with Crippen molar-refractivity contribution in [1.29, 1.82) is 0 Å². The summed E-state index contributed by atoms with van der Waals surface area (Å²) in [6.07, 6.45) is 0.0731. The van der Waals surface area contributed by atoms with Gasteiger partial charge in [-0.25, -0.2) is 0 Å². The van der Waals surface area contributed by atoms with Crippen LogP contribution < -0.4 is 4.74 Å². The molecule has 1 atom stereocenters. The molecule has 3 rings (SSSR count). The number of hydrogen-bond acceptors (Lipinski definition) is 2. The Morgan fingerprint density at radius 3 is 2.84 bits per heavy atom. The molecule has 1 heterocycles. The Kier molecular flexibility index (Phi) is 3.33. The number of rotatable bonds is 1. The van der Waals surface area contributed by atoms with Crippen molar-refractivity contribution in [2.45, 2.75) is 12.5 Å². The molecule has 0 radical (unpaired) electrons. The largest absolute Gasteiger partial charge is 0.484 e. The summed E-state index contributed by atoms with van der Waals surface area (Å²) in [6.45, 7) is 0. The van der Waals surface area contributed by atoms with Gasteiger partial charge in [0.15, 0.2) is 5.78 Å². The molecule has 0 saturated heterocycles. The molecule has 19 heavy (non-hydrogen) atoms. The number of carbonyl (C=O) groups excluding carboxylic acids is 1. The third-order valence-corrected chi connectivity index (χ3v) is 3.83. The molecule has 2 aromatic carbocycles. The fourth-order valence-corrected chi connectivity index (χ4v) is 2.75. The van der Waals surface area contributed by atoms with E-state index < -0.39 is 0 Å². The maximum atomic E-state index is 12.2. The van der Waals surface area contributed by atoms with Crippen LogP contribution in [-0.4, -0.2) is 5.78 Å². The first-order valence-electron chi connectivity index (χ1n) is 5.88. The smallest absolute Gasteiger partial charge is 0.170 e. The predicted molar refractivity (Wildman–Crippen MR) is 77.9 cm³/mol. The summed E-state index contributed by atoms with van der Waals surface area (Å²) in [5, 5.41) is 0.648. The topological polar surface area (TPSA) is 26.3 Å². The zero-order chi connectivity index (χ0) is 13.4. The Morgan fingerprint density at radius 2 is 2.05 bits per heavy atom. The van der Waals surface area contributed by atoms with E-state index >= 15 is 0 Å². The van der Waals surface area contributed by atoms with Gasteiger partial charge in [-0.2, -0.15) is 0 Å². The number of hydrogen-bond donors (Lipinski definition) is 0. The third kappa shape index (κ3) is 2.53. The van der Waals surface area contributed by atoms with Crippen molar-refractivity contribution in [3.8, 4) is 5.75 Å². The zero-order valence-corrected chi connectivity index (χ0v) is 12.2. The van der Waals surface area contributed by atoms with E-state index in [2.05, 4.69) is 15.9 Å². The molecular weight excluding hydrogens is 328 g/mol. The number of ketones is 1. The average Bonchev–Trinajstić information content (AvgIpc) is 2.39. The van der Waals surface area contributed by atoms with E-state index in [1.807, 2.05) is 30.3 Å². The van der Waals surface area contributed by atoms with Crippen LogP contribution in [0.15, 0.2) is 46.9 Å². The van der Waals surface area contributed by atoms with Gasteiger partial charge >= 0.3 is 0 Å². The van der Waals surface area contributed by atoms with Crippen molar-refractivity contribution in [3.63, 3.8) is 0 Å². The molecule has 4 heteroatoms. The molecule has 2 nitrogen and oxygen atoms in total. The molecule has 0 bridgehead atoms. The van der Waals surface area contributed by atoms with Gasteiger partial charge in [0.05, 0.1) is 12.0 Å². The molecule has 0 unspecified atom stereocenters. The maximum Gasteiger partial charge on any atom is 0.170 e. The van der Waals surface area contributed by atoms with Crippen LogP contribution in [0.5, 0.6) is 5.75 Å². The SMILES string of the molecule is O=C1C[C@H](c2cccc(Cl)c2)Oc2ccc(Br)cc21. The van der Waals surface area contributed by atoms with Gasteiger partial charge in [-0.3, -0.25) is 4.79 Å². The fourth-order valence-electron chi connectivity index (χ4n) is 2.19. The van der Waals surface area contributed by atoms with Gasteiger partial charge < -0.3 is 4.74 Å². The number of benzene rings is 2. The third-order valence-electron chi connectivity index (χ3n) is 3.10. The summed E-state index contributed by atoms with van der Waals surface area (Å²) in [4.78, 5) is 12.2. The minimum atomic E-state index is -0.264. The first-order chi connectivity index (χ1) is 9.13. The Balaban J connectivity index is 1.97. The van der Waals surface area contributed by atoms with Crippen LogP contribution in [0.25, 0.3) is 0 Å². The van der Waals surface area contributed by atoms with Crippen LogP contribution in [0.3, 0.4) is 0 Å². The second-order valence-electron chi connectivity index (χ2n) is 4.43. The van der Waals surface area contributed by atoms with Crippen molar-refractivity contribution in [2.75, 3.05) is 0 Å². The molecule has 0 aliphatic carbocycles. The lowest BCUT2D eigenvalue weighted by atomic mass is 9.96. The van der Waals surface area contributed by atoms with Crippen molar-refractivity contribution >= 4 is 33.3 Å². The van der Waals surface area contributed by atoms with Crippen LogP contribution in [0.4, 0.5) is 0 Å². The van der Waals surface area contributed by atoms with Crippen LogP contribution in [-0.2, 0) is 0 Å². The molecular formula is C15H10BrClO2. The predicted octanol–water partition coefficient (Wildman–Crippen LogP) is 4.81. The lowest BCUT2D eigenvalue weighted by Gasteiger charge is -2.25. The van der Waals surface area contributed by atoms with E-state index in [9.17, 15) is 4.79 Å². The molecule has 2 aromatic rings. The van der Waals surface area contributed by atoms with Crippen LogP contribution in [0.1, 0.15) is 28.4 Å². The number of halogens is 2. The molecule has 1 aliphatic heterocycles. The van der Waals surface area contributed by atoms with E-state index in [-0.39, 0.29) is 11.9 Å². The zero-order valence-electron chi connectivity index (χ0n) is 9.90. The van der Waals surface area contributed by atoms with Gasteiger partial charge in [0, 0.05) is 9.50 Å². The highest BCUT2D eigenvalue weighted by atomic mass is 79.9. The number of Topliss-reactive ketones (excluding diaryl/α,β-unsaturated/α-hetero) is 1. The van der Waals surface area contributed by atoms with Crippen molar-refractivity contribution in [3.05, 3.63) is 63.1 Å². The summed E-state index contributed by atoms with van der Waals surface area (Å²) in [6, 6.07) is 12.9. The highest BCUT2D eigenvalue weighted by Crippen LogP contribution is 2.36. The van der Waals surface area contributed by atoms with Crippen molar-refractivity contribution in [2.24, 2.45) is 0 Å². The number of carbonyl (C=O) groups is 1.